The van der Waals surface area contributed by atoms with E-state index in [1.165, 1.54) is 20.2 Å². The fraction of sp³-hybridized carbons (Fsp3) is 0.350. The number of nitrogens with zero attached hydrogens (tertiary/aromatic N) is 1. The van der Waals surface area contributed by atoms with Gasteiger partial charge in [0.25, 0.3) is 0 Å². The largest absolute Gasteiger partial charge is 0.494 e. The Kier molecular flexibility index (Phi) is 8.31. The number of benzene rings is 2. The second kappa shape index (κ2) is 10.5. The summed E-state index contributed by atoms with van der Waals surface area (Å²) in [5.41, 5.74) is 0.387. The highest BCUT2D eigenvalue weighted by molar-refractivity contribution is 7.89. The molecule has 29 heavy (non-hydrogen) atoms. The molecule has 0 fully saturated rings. The van der Waals surface area contributed by atoms with Crippen LogP contribution in [0.2, 0.25) is 5.02 Å². The van der Waals surface area contributed by atoms with E-state index in [2.05, 4.69) is 5.32 Å². The molecule has 1 N–H and O–H groups in total. The third-order valence-electron chi connectivity index (χ3n) is 3.92. The molecule has 0 aliphatic carbocycles. The molecule has 0 aromatic heterocycles. The molecule has 0 heterocycles. The molecular formula is C20H25ClN2O5S. The first kappa shape index (κ1) is 23.0. The molecule has 7 nitrogen and oxygen atoms in total. The average molecular weight is 441 g/mol. The Bertz CT molecular complexity index is 930. The zero-order valence-electron chi connectivity index (χ0n) is 16.6. The lowest BCUT2D eigenvalue weighted by Gasteiger charge is -2.16. The smallest absolute Gasteiger partial charge is 0.246 e. The number of nitrogens with one attached hydrogen (secondary N) is 1. The molecule has 2 aromatic rings. The summed E-state index contributed by atoms with van der Waals surface area (Å²) in [6, 6.07) is 11.5. The summed E-state index contributed by atoms with van der Waals surface area (Å²) in [4.78, 5) is 12.2. The number of hydrogen-bond acceptors (Lipinski definition) is 5. The Morgan fingerprint density at radius 1 is 1.10 bits per heavy atom. The summed E-state index contributed by atoms with van der Waals surface area (Å²) < 4.78 is 37.2. The van der Waals surface area contributed by atoms with Crippen LogP contribution in [0.5, 0.6) is 11.5 Å². The lowest BCUT2D eigenvalue weighted by atomic mass is 10.2. The predicted octanol–water partition coefficient (Wildman–Crippen LogP) is 3.79. The van der Waals surface area contributed by atoms with Crippen molar-refractivity contribution in [3.8, 4) is 11.5 Å². The molecular weight excluding hydrogens is 416 g/mol. The highest BCUT2D eigenvalue weighted by Gasteiger charge is 2.23. The van der Waals surface area contributed by atoms with Crippen molar-refractivity contribution in [1.29, 1.82) is 0 Å². The maximum atomic E-state index is 12.5. The zero-order chi connectivity index (χ0) is 21.4. The van der Waals surface area contributed by atoms with Crippen molar-refractivity contribution >= 4 is 33.2 Å². The minimum atomic E-state index is -3.72. The summed E-state index contributed by atoms with van der Waals surface area (Å²) in [6.45, 7) is 2.47. The first-order chi connectivity index (χ1) is 13.7. The van der Waals surface area contributed by atoms with Gasteiger partial charge in [-0.25, -0.2) is 12.7 Å². The number of carbonyl (C=O) groups excluding carboxylic acids is 1. The van der Waals surface area contributed by atoms with Crippen LogP contribution in [0.4, 0.5) is 5.69 Å². The zero-order valence-corrected chi connectivity index (χ0v) is 18.2. The van der Waals surface area contributed by atoms with Gasteiger partial charge in [0.05, 0.1) is 13.2 Å². The summed E-state index contributed by atoms with van der Waals surface area (Å²) in [7, 11) is -0.832. The van der Waals surface area contributed by atoms with E-state index in [0.717, 1.165) is 4.31 Å². The van der Waals surface area contributed by atoms with Gasteiger partial charge < -0.3 is 14.8 Å². The minimum absolute atomic E-state index is 0.00761. The highest BCUT2D eigenvalue weighted by Crippen LogP contribution is 2.29. The number of hydrogen-bond donors (Lipinski definition) is 1. The van der Waals surface area contributed by atoms with Crippen LogP contribution >= 0.6 is 11.6 Å². The summed E-state index contributed by atoms with van der Waals surface area (Å²) in [5, 5.41) is 3.35. The van der Waals surface area contributed by atoms with Crippen molar-refractivity contribution < 1.29 is 22.7 Å². The van der Waals surface area contributed by atoms with Crippen LogP contribution in [0, 0.1) is 0 Å². The number of halogens is 1. The van der Waals surface area contributed by atoms with E-state index in [-0.39, 0.29) is 23.0 Å². The molecule has 1 amide bonds. The average Bonchev–Trinajstić information content (AvgIpc) is 2.68. The molecule has 0 bridgehead atoms. The molecule has 0 saturated carbocycles. The van der Waals surface area contributed by atoms with Gasteiger partial charge >= 0.3 is 0 Å². The second-order valence-corrected chi connectivity index (χ2v) is 8.89. The maximum Gasteiger partial charge on any atom is 0.246 e. The first-order valence-corrected chi connectivity index (χ1v) is 10.9. The van der Waals surface area contributed by atoms with Crippen LogP contribution in [0.1, 0.15) is 19.8 Å². The van der Waals surface area contributed by atoms with Gasteiger partial charge in [0.2, 0.25) is 15.9 Å². The van der Waals surface area contributed by atoms with E-state index in [4.69, 9.17) is 21.1 Å². The fourth-order valence-corrected chi connectivity index (χ4v) is 3.61. The standard InChI is InChI=1S/C20H25ClN2O5S/c1-4-27-18-12-9-16(14-19(18)29(25,26)23(2)3)22-20(24)6-5-13-28-17-10-7-15(21)8-11-17/h7-12,14H,4-6,13H2,1-3H3,(H,22,24). The third kappa shape index (κ3) is 6.62. The summed E-state index contributed by atoms with van der Waals surface area (Å²) in [6.07, 6.45) is 0.741. The van der Waals surface area contributed by atoms with Gasteiger partial charge in [-0.2, -0.15) is 0 Å². The molecule has 0 radical (unpaired) electrons. The summed E-state index contributed by atoms with van der Waals surface area (Å²) >= 11 is 5.82. The van der Waals surface area contributed by atoms with Gasteiger partial charge in [0.15, 0.2) is 0 Å². The maximum absolute atomic E-state index is 12.5. The molecule has 0 spiro atoms. The normalized spacial score (nSPS) is 11.3. The van der Waals surface area contributed by atoms with E-state index >= 15 is 0 Å². The quantitative estimate of drug-likeness (QED) is 0.568. The first-order valence-electron chi connectivity index (χ1n) is 9.11. The van der Waals surface area contributed by atoms with Crippen molar-refractivity contribution in [2.75, 3.05) is 32.6 Å². The fourth-order valence-electron chi connectivity index (χ4n) is 2.44. The highest BCUT2D eigenvalue weighted by atomic mass is 35.5. The number of carbonyl (C=O) groups is 1. The van der Waals surface area contributed by atoms with Crippen LogP contribution in [0.25, 0.3) is 0 Å². The topological polar surface area (TPSA) is 84.9 Å². The minimum Gasteiger partial charge on any atom is -0.494 e. The molecule has 0 unspecified atom stereocenters. The van der Waals surface area contributed by atoms with Crippen LogP contribution in [-0.4, -0.2) is 45.9 Å². The Morgan fingerprint density at radius 2 is 1.79 bits per heavy atom. The van der Waals surface area contributed by atoms with Crippen molar-refractivity contribution in [3.63, 3.8) is 0 Å². The van der Waals surface area contributed by atoms with Crippen molar-refractivity contribution in [3.05, 3.63) is 47.5 Å². The number of anilines is 1. The van der Waals surface area contributed by atoms with E-state index in [9.17, 15) is 13.2 Å². The lowest BCUT2D eigenvalue weighted by Crippen LogP contribution is -2.23. The molecule has 0 aliphatic rings. The van der Waals surface area contributed by atoms with E-state index in [0.29, 0.717) is 36.1 Å². The number of amides is 1. The molecule has 0 saturated heterocycles. The SMILES string of the molecule is CCOc1ccc(NC(=O)CCCOc2ccc(Cl)cc2)cc1S(=O)(=O)N(C)C. The van der Waals surface area contributed by atoms with Gasteiger partial charge in [-0.15, -0.1) is 0 Å². The number of rotatable bonds is 10. The van der Waals surface area contributed by atoms with E-state index in [1.807, 2.05) is 0 Å². The Morgan fingerprint density at radius 3 is 2.41 bits per heavy atom. The second-order valence-electron chi connectivity index (χ2n) is 6.34. The van der Waals surface area contributed by atoms with Crippen LogP contribution in [0.15, 0.2) is 47.4 Å². The predicted molar refractivity (Wildman–Crippen MR) is 113 cm³/mol. The van der Waals surface area contributed by atoms with Crippen molar-refractivity contribution in [2.24, 2.45) is 0 Å². The monoisotopic (exact) mass is 440 g/mol. The van der Waals surface area contributed by atoms with Crippen LogP contribution in [0.3, 0.4) is 0 Å². The van der Waals surface area contributed by atoms with Gasteiger partial charge in [0, 0.05) is 31.2 Å². The van der Waals surface area contributed by atoms with Gasteiger partial charge in [-0.3, -0.25) is 4.79 Å². The Balaban J connectivity index is 1.96. The van der Waals surface area contributed by atoms with Gasteiger partial charge in [-0.1, -0.05) is 11.6 Å². The number of sulfonamides is 1. The van der Waals surface area contributed by atoms with Crippen molar-refractivity contribution in [2.45, 2.75) is 24.7 Å². The molecule has 0 aliphatic heterocycles. The van der Waals surface area contributed by atoms with Gasteiger partial charge in [-0.05, 0) is 55.8 Å². The molecule has 9 heteroatoms. The molecule has 2 aromatic carbocycles. The van der Waals surface area contributed by atoms with Crippen LogP contribution in [-0.2, 0) is 14.8 Å². The number of ether oxygens (including phenoxy) is 2. The molecule has 158 valence electrons. The Hall–Kier alpha value is -2.29. The third-order valence-corrected chi connectivity index (χ3v) is 6.00. The Labute approximate surface area is 176 Å². The molecule has 2 rings (SSSR count). The van der Waals surface area contributed by atoms with Crippen LogP contribution < -0.4 is 14.8 Å². The van der Waals surface area contributed by atoms with E-state index in [1.54, 1.807) is 43.3 Å². The van der Waals surface area contributed by atoms with Crippen molar-refractivity contribution in [1.82, 2.24) is 4.31 Å². The van der Waals surface area contributed by atoms with Gasteiger partial charge in [0.1, 0.15) is 16.4 Å². The molecule has 0 atom stereocenters. The summed E-state index contributed by atoms with van der Waals surface area (Å²) in [5.74, 6) is 0.692. The van der Waals surface area contributed by atoms with E-state index < -0.39 is 10.0 Å². The lowest BCUT2D eigenvalue weighted by molar-refractivity contribution is -0.116.